The first-order valence-corrected chi connectivity index (χ1v) is 7.91. The minimum atomic E-state index is 0.795. The number of aliphatic imine (C=N–C) groups is 1. The number of guanidine groups is 1. The van der Waals surface area contributed by atoms with Crippen molar-refractivity contribution < 1.29 is 9.15 Å². The predicted octanol–water partition coefficient (Wildman–Crippen LogP) is 2.63. The third kappa shape index (κ3) is 6.06. The van der Waals surface area contributed by atoms with Crippen molar-refractivity contribution in [3.63, 3.8) is 0 Å². The number of furan rings is 1. The fourth-order valence-electron chi connectivity index (χ4n) is 2.31. The van der Waals surface area contributed by atoms with Crippen LogP contribution in [0.4, 0.5) is 0 Å². The average molecular weight is 315 g/mol. The lowest BCUT2D eigenvalue weighted by molar-refractivity contribution is 0.414. The van der Waals surface area contributed by atoms with Crippen LogP contribution in [-0.2, 0) is 12.8 Å². The fourth-order valence-corrected chi connectivity index (χ4v) is 2.31. The molecule has 1 heterocycles. The number of benzene rings is 1. The molecule has 5 nitrogen and oxygen atoms in total. The van der Waals surface area contributed by atoms with E-state index in [2.05, 4.69) is 27.8 Å². The first-order valence-electron chi connectivity index (χ1n) is 7.91. The smallest absolute Gasteiger partial charge is 0.190 e. The summed E-state index contributed by atoms with van der Waals surface area (Å²) < 4.78 is 10.5. The zero-order valence-corrected chi connectivity index (χ0v) is 13.8. The van der Waals surface area contributed by atoms with Gasteiger partial charge in [0.25, 0.3) is 0 Å². The van der Waals surface area contributed by atoms with Gasteiger partial charge in [-0.2, -0.15) is 0 Å². The number of ether oxygens (including phenoxy) is 1. The average Bonchev–Trinajstić information content (AvgIpc) is 3.10. The van der Waals surface area contributed by atoms with Gasteiger partial charge in [0.15, 0.2) is 5.96 Å². The Morgan fingerprint density at radius 1 is 1.13 bits per heavy atom. The lowest BCUT2D eigenvalue weighted by Crippen LogP contribution is -2.38. The van der Waals surface area contributed by atoms with Crippen molar-refractivity contribution in [3.05, 3.63) is 54.0 Å². The lowest BCUT2D eigenvalue weighted by Gasteiger charge is -2.11. The predicted molar refractivity (Wildman–Crippen MR) is 93.1 cm³/mol. The van der Waals surface area contributed by atoms with Gasteiger partial charge in [0.2, 0.25) is 0 Å². The van der Waals surface area contributed by atoms with Gasteiger partial charge in [-0.1, -0.05) is 12.1 Å². The number of aryl methyl sites for hydroxylation is 1. The van der Waals surface area contributed by atoms with Crippen LogP contribution in [-0.4, -0.2) is 33.2 Å². The van der Waals surface area contributed by atoms with Crippen LogP contribution in [0.15, 0.2) is 52.1 Å². The summed E-state index contributed by atoms with van der Waals surface area (Å²) in [5.41, 5.74) is 1.28. The molecule has 0 aliphatic carbocycles. The van der Waals surface area contributed by atoms with E-state index >= 15 is 0 Å². The van der Waals surface area contributed by atoms with Gasteiger partial charge in [-0.15, -0.1) is 0 Å². The molecular weight excluding hydrogens is 290 g/mol. The van der Waals surface area contributed by atoms with Crippen LogP contribution < -0.4 is 15.4 Å². The molecule has 0 aliphatic rings. The second-order valence-corrected chi connectivity index (χ2v) is 5.21. The van der Waals surface area contributed by atoms with Gasteiger partial charge in [0.1, 0.15) is 11.5 Å². The zero-order chi connectivity index (χ0) is 16.3. The van der Waals surface area contributed by atoms with Gasteiger partial charge in [-0.3, -0.25) is 4.99 Å². The van der Waals surface area contributed by atoms with Crippen molar-refractivity contribution in [3.8, 4) is 5.75 Å². The number of hydrogen-bond acceptors (Lipinski definition) is 3. The highest BCUT2D eigenvalue weighted by atomic mass is 16.5. The monoisotopic (exact) mass is 315 g/mol. The normalized spacial score (nSPS) is 11.3. The molecule has 2 aromatic rings. The van der Waals surface area contributed by atoms with Gasteiger partial charge in [0, 0.05) is 26.6 Å². The maximum atomic E-state index is 5.30. The van der Waals surface area contributed by atoms with E-state index in [0.717, 1.165) is 49.8 Å². The topological polar surface area (TPSA) is 58.8 Å². The van der Waals surface area contributed by atoms with E-state index in [1.165, 1.54) is 5.56 Å². The van der Waals surface area contributed by atoms with E-state index in [-0.39, 0.29) is 0 Å². The van der Waals surface area contributed by atoms with Crippen LogP contribution in [0.1, 0.15) is 17.7 Å². The van der Waals surface area contributed by atoms with E-state index in [4.69, 9.17) is 9.15 Å². The van der Waals surface area contributed by atoms with Crippen LogP contribution in [0.2, 0.25) is 0 Å². The first kappa shape index (κ1) is 16.9. The van der Waals surface area contributed by atoms with Crippen LogP contribution in [0, 0.1) is 0 Å². The Kier molecular flexibility index (Phi) is 7.04. The Hall–Kier alpha value is -2.43. The summed E-state index contributed by atoms with van der Waals surface area (Å²) in [7, 11) is 3.48. The maximum absolute atomic E-state index is 5.30. The Labute approximate surface area is 137 Å². The molecule has 0 aliphatic heterocycles. The minimum absolute atomic E-state index is 0.795. The molecule has 0 atom stereocenters. The van der Waals surface area contributed by atoms with Crippen molar-refractivity contribution in [2.75, 3.05) is 27.2 Å². The summed E-state index contributed by atoms with van der Waals surface area (Å²) in [6.07, 6.45) is 4.58. The molecule has 2 N–H and O–H groups in total. The quantitative estimate of drug-likeness (QED) is 0.447. The van der Waals surface area contributed by atoms with E-state index in [1.54, 1.807) is 20.4 Å². The Bertz CT molecular complexity index is 594. The molecule has 0 amide bonds. The van der Waals surface area contributed by atoms with E-state index in [9.17, 15) is 0 Å². The SMILES string of the molecule is CN=C(NCCCc1cccc(OC)c1)NCCc1ccco1. The van der Waals surface area contributed by atoms with Crippen molar-refractivity contribution in [1.29, 1.82) is 0 Å². The van der Waals surface area contributed by atoms with Crippen LogP contribution in [0.5, 0.6) is 5.75 Å². The zero-order valence-electron chi connectivity index (χ0n) is 13.8. The molecule has 1 aromatic heterocycles. The molecule has 0 bridgehead atoms. The fraction of sp³-hybridized carbons (Fsp3) is 0.389. The Morgan fingerprint density at radius 2 is 2.00 bits per heavy atom. The van der Waals surface area contributed by atoms with Crippen molar-refractivity contribution in [2.24, 2.45) is 4.99 Å². The third-order valence-electron chi connectivity index (χ3n) is 3.54. The van der Waals surface area contributed by atoms with Crippen molar-refractivity contribution in [1.82, 2.24) is 10.6 Å². The molecule has 0 radical (unpaired) electrons. The molecular formula is C18H25N3O2. The summed E-state index contributed by atoms with van der Waals surface area (Å²) in [5.74, 6) is 2.71. The van der Waals surface area contributed by atoms with Gasteiger partial charge in [-0.25, -0.2) is 0 Å². The van der Waals surface area contributed by atoms with E-state index in [0.29, 0.717) is 0 Å². The molecule has 0 saturated heterocycles. The number of nitrogens with one attached hydrogen (secondary N) is 2. The molecule has 0 saturated carbocycles. The number of hydrogen-bond donors (Lipinski definition) is 2. The maximum Gasteiger partial charge on any atom is 0.190 e. The lowest BCUT2D eigenvalue weighted by atomic mass is 10.1. The largest absolute Gasteiger partial charge is 0.497 e. The summed E-state index contributed by atoms with van der Waals surface area (Å²) in [6.45, 7) is 1.67. The highest BCUT2D eigenvalue weighted by molar-refractivity contribution is 5.79. The van der Waals surface area contributed by atoms with E-state index < -0.39 is 0 Å². The molecule has 2 rings (SSSR count). The highest BCUT2D eigenvalue weighted by Crippen LogP contribution is 2.13. The molecule has 0 unspecified atom stereocenters. The summed E-state index contributed by atoms with van der Waals surface area (Å²) in [4.78, 5) is 4.22. The summed E-state index contributed by atoms with van der Waals surface area (Å²) in [6, 6.07) is 12.1. The number of methoxy groups -OCH3 is 1. The third-order valence-corrected chi connectivity index (χ3v) is 3.54. The summed E-state index contributed by atoms with van der Waals surface area (Å²) >= 11 is 0. The highest BCUT2D eigenvalue weighted by Gasteiger charge is 2.00. The number of nitrogens with zero attached hydrogens (tertiary/aromatic N) is 1. The van der Waals surface area contributed by atoms with Crippen LogP contribution >= 0.6 is 0 Å². The second kappa shape index (κ2) is 9.56. The molecule has 124 valence electrons. The first-order chi connectivity index (χ1) is 11.3. The molecule has 5 heteroatoms. The minimum Gasteiger partial charge on any atom is -0.497 e. The van der Waals surface area contributed by atoms with Crippen LogP contribution in [0.3, 0.4) is 0 Å². The Morgan fingerprint density at radius 3 is 2.74 bits per heavy atom. The summed E-state index contributed by atoms with van der Waals surface area (Å²) in [5, 5.41) is 6.61. The van der Waals surface area contributed by atoms with Gasteiger partial charge >= 0.3 is 0 Å². The molecule has 0 spiro atoms. The second-order valence-electron chi connectivity index (χ2n) is 5.21. The van der Waals surface area contributed by atoms with Gasteiger partial charge in [-0.05, 0) is 42.7 Å². The molecule has 1 aromatic carbocycles. The van der Waals surface area contributed by atoms with Crippen molar-refractivity contribution >= 4 is 5.96 Å². The standard InChI is InChI=1S/C18H25N3O2/c1-19-18(21-12-10-16-9-5-13-23-16)20-11-4-7-15-6-3-8-17(14-15)22-2/h3,5-6,8-9,13-14H,4,7,10-12H2,1-2H3,(H2,19,20,21). The molecule has 0 fully saturated rings. The molecule has 23 heavy (non-hydrogen) atoms. The number of rotatable bonds is 8. The van der Waals surface area contributed by atoms with Gasteiger partial charge in [0.05, 0.1) is 13.4 Å². The van der Waals surface area contributed by atoms with Crippen LogP contribution in [0.25, 0.3) is 0 Å². The van der Waals surface area contributed by atoms with Gasteiger partial charge < -0.3 is 19.8 Å². The van der Waals surface area contributed by atoms with Crippen molar-refractivity contribution in [2.45, 2.75) is 19.3 Å². The Balaban J connectivity index is 1.63. The van der Waals surface area contributed by atoms with E-state index in [1.807, 2.05) is 24.3 Å².